The Morgan fingerprint density at radius 2 is 2.11 bits per heavy atom. The van der Waals surface area contributed by atoms with E-state index in [4.69, 9.17) is 14.6 Å². The maximum atomic E-state index is 11.4. The molecule has 0 fully saturated rings. The van der Waals surface area contributed by atoms with Gasteiger partial charge in [-0.25, -0.2) is 0 Å². The standard InChI is InChI=1S/C13H17NO4S/c15-5-4-14-13(16)9-19-10-2-3-11-12(8-10)18-7-1-6-17-11/h2-3,8,15H,1,4-7,9H2,(H,14,16). The quantitative estimate of drug-likeness (QED) is 0.791. The number of hydrogen-bond donors (Lipinski definition) is 2. The maximum absolute atomic E-state index is 11.4. The Balaban J connectivity index is 1.90. The third-order valence-corrected chi connectivity index (χ3v) is 3.52. The van der Waals surface area contributed by atoms with Crippen LogP contribution in [0, 0.1) is 0 Å². The third kappa shape index (κ3) is 4.33. The molecule has 0 saturated carbocycles. The molecule has 0 bridgehead atoms. The summed E-state index contributed by atoms with van der Waals surface area (Å²) in [5.41, 5.74) is 0. The first kappa shape index (κ1) is 14.0. The molecule has 19 heavy (non-hydrogen) atoms. The zero-order valence-corrected chi connectivity index (χ0v) is 11.4. The normalized spacial score (nSPS) is 13.7. The van der Waals surface area contributed by atoms with Crippen LogP contribution in [0.4, 0.5) is 0 Å². The van der Waals surface area contributed by atoms with Crippen molar-refractivity contribution < 1.29 is 19.4 Å². The fourth-order valence-corrected chi connectivity index (χ4v) is 2.38. The van der Waals surface area contributed by atoms with Crippen molar-refractivity contribution in [3.05, 3.63) is 18.2 Å². The molecule has 2 rings (SSSR count). The monoisotopic (exact) mass is 283 g/mol. The zero-order valence-electron chi connectivity index (χ0n) is 10.6. The smallest absolute Gasteiger partial charge is 0.230 e. The first-order valence-electron chi connectivity index (χ1n) is 6.19. The molecule has 5 nitrogen and oxygen atoms in total. The van der Waals surface area contributed by atoms with Gasteiger partial charge in [0.15, 0.2) is 11.5 Å². The van der Waals surface area contributed by atoms with Gasteiger partial charge in [-0.05, 0) is 18.2 Å². The van der Waals surface area contributed by atoms with E-state index in [1.165, 1.54) is 11.8 Å². The lowest BCUT2D eigenvalue weighted by Crippen LogP contribution is -2.27. The summed E-state index contributed by atoms with van der Waals surface area (Å²) in [6, 6.07) is 5.68. The summed E-state index contributed by atoms with van der Waals surface area (Å²) in [6.07, 6.45) is 0.876. The van der Waals surface area contributed by atoms with Gasteiger partial charge in [0.2, 0.25) is 5.91 Å². The fourth-order valence-electron chi connectivity index (χ4n) is 1.63. The molecule has 0 aliphatic carbocycles. The number of fused-ring (bicyclic) bond motifs is 1. The number of amides is 1. The number of aliphatic hydroxyl groups excluding tert-OH is 1. The van der Waals surface area contributed by atoms with Crippen molar-refractivity contribution in [2.45, 2.75) is 11.3 Å². The second-order valence-corrected chi connectivity index (χ2v) is 5.07. The molecule has 0 unspecified atom stereocenters. The molecular weight excluding hydrogens is 266 g/mol. The second kappa shape index (κ2) is 7.25. The van der Waals surface area contributed by atoms with E-state index in [-0.39, 0.29) is 12.5 Å². The summed E-state index contributed by atoms with van der Waals surface area (Å²) in [5.74, 6) is 1.72. The van der Waals surface area contributed by atoms with Gasteiger partial charge < -0.3 is 19.9 Å². The number of ether oxygens (including phenoxy) is 2. The number of rotatable bonds is 5. The van der Waals surface area contributed by atoms with Gasteiger partial charge in [0.25, 0.3) is 0 Å². The zero-order chi connectivity index (χ0) is 13.5. The van der Waals surface area contributed by atoms with Crippen LogP contribution < -0.4 is 14.8 Å². The number of hydrogen-bond acceptors (Lipinski definition) is 5. The second-order valence-electron chi connectivity index (χ2n) is 4.02. The summed E-state index contributed by atoms with van der Waals surface area (Å²) < 4.78 is 11.1. The van der Waals surface area contributed by atoms with Crippen LogP contribution in [-0.2, 0) is 4.79 Å². The van der Waals surface area contributed by atoms with Gasteiger partial charge in [0, 0.05) is 17.9 Å². The number of carbonyl (C=O) groups is 1. The summed E-state index contributed by atoms with van der Waals surface area (Å²) in [5, 5.41) is 11.2. The molecule has 1 amide bonds. The lowest BCUT2D eigenvalue weighted by atomic mass is 10.3. The Labute approximate surface area is 116 Å². The highest BCUT2D eigenvalue weighted by Crippen LogP contribution is 2.33. The average molecular weight is 283 g/mol. The highest BCUT2D eigenvalue weighted by Gasteiger charge is 2.11. The maximum Gasteiger partial charge on any atom is 0.230 e. The number of thioether (sulfide) groups is 1. The number of carbonyl (C=O) groups excluding carboxylic acids is 1. The van der Waals surface area contributed by atoms with Crippen LogP contribution in [0.15, 0.2) is 23.1 Å². The minimum atomic E-state index is -0.0915. The molecule has 0 aromatic heterocycles. The largest absolute Gasteiger partial charge is 0.490 e. The van der Waals surface area contributed by atoms with Crippen LogP contribution in [0.2, 0.25) is 0 Å². The van der Waals surface area contributed by atoms with Crippen LogP contribution >= 0.6 is 11.8 Å². The number of aliphatic hydroxyl groups is 1. The SMILES string of the molecule is O=C(CSc1ccc2c(c1)OCCCO2)NCCO. The molecule has 2 N–H and O–H groups in total. The molecule has 0 radical (unpaired) electrons. The molecule has 1 aliphatic heterocycles. The van der Waals surface area contributed by atoms with Crippen LogP contribution in [0.5, 0.6) is 11.5 Å². The van der Waals surface area contributed by atoms with Crippen LogP contribution in [0.3, 0.4) is 0 Å². The van der Waals surface area contributed by atoms with Gasteiger partial charge in [-0.3, -0.25) is 4.79 Å². The number of benzene rings is 1. The highest BCUT2D eigenvalue weighted by molar-refractivity contribution is 8.00. The molecule has 1 aliphatic rings. The van der Waals surface area contributed by atoms with E-state index in [0.29, 0.717) is 25.5 Å². The minimum absolute atomic E-state index is 0.0412. The molecule has 0 spiro atoms. The van der Waals surface area contributed by atoms with E-state index in [1.807, 2.05) is 18.2 Å². The van der Waals surface area contributed by atoms with Crippen molar-refractivity contribution in [3.63, 3.8) is 0 Å². The molecule has 1 heterocycles. The fraction of sp³-hybridized carbons (Fsp3) is 0.462. The summed E-state index contributed by atoms with van der Waals surface area (Å²) in [7, 11) is 0. The van der Waals surface area contributed by atoms with Crippen LogP contribution in [0.25, 0.3) is 0 Å². The Morgan fingerprint density at radius 3 is 2.89 bits per heavy atom. The van der Waals surface area contributed by atoms with E-state index in [2.05, 4.69) is 5.32 Å². The third-order valence-electron chi connectivity index (χ3n) is 2.52. The average Bonchev–Trinajstić information content (AvgIpc) is 2.67. The van der Waals surface area contributed by atoms with Gasteiger partial charge in [-0.15, -0.1) is 11.8 Å². The van der Waals surface area contributed by atoms with Crippen molar-refractivity contribution in [3.8, 4) is 11.5 Å². The van der Waals surface area contributed by atoms with Gasteiger partial charge >= 0.3 is 0 Å². The van der Waals surface area contributed by atoms with Crippen molar-refractivity contribution in [1.82, 2.24) is 5.32 Å². The predicted octanol–water partition coefficient (Wildman–Crippen LogP) is 1.05. The molecule has 1 aromatic carbocycles. The van der Waals surface area contributed by atoms with E-state index < -0.39 is 0 Å². The van der Waals surface area contributed by atoms with Gasteiger partial charge in [0.05, 0.1) is 25.6 Å². The van der Waals surface area contributed by atoms with Crippen molar-refractivity contribution in [2.75, 3.05) is 32.1 Å². The van der Waals surface area contributed by atoms with E-state index in [9.17, 15) is 4.79 Å². The van der Waals surface area contributed by atoms with E-state index in [0.717, 1.165) is 22.8 Å². The summed E-state index contributed by atoms with van der Waals surface area (Å²) >= 11 is 1.43. The van der Waals surface area contributed by atoms with Gasteiger partial charge in [-0.2, -0.15) is 0 Å². The lowest BCUT2D eigenvalue weighted by Gasteiger charge is -2.09. The van der Waals surface area contributed by atoms with Crippen molar-refractivity contribution >= 4 is 17.7 Å². The van der Waals surface area contributed by atoms with E-state index >= 15 is 0 Å². The van der Waals surface area contributed by atoms with Crippen LogP contribution in [0.1, 0.15) is 6.42 Å². The summed E-state index contributed by atoms with van der Waals surface area (Å²) in [6.45, 7) is 1.57. The topological polar surface area (TPSA) is 67.8 Å². The molecule has 1 aromatic rings. The predicted molar refractivity (Wildman–Crippen MR) is 72.9 cm³/mol. The Hall–Kier alpha value is -1.40. The van der Waals surface area contributed by atoms with Crippen molar-refractivity contribution in [1.29, 1.82) is 0 Å². The Morgan fingerprint density at radius 1 is 1.32 bits per heavy atom. The molecule has 0 atom stereocenters. The van der Waals surface area contributed by atoms with E-state index in [1.54, 1.807) is 0 Å². The van der Waals surface area contributed by atoms with Gasteiger partial charge in [0.1, 0.15) is 0 Å². The minimum Gasteiger partial charge on any atom is -0.490 e. The van der Waals surface area contributed by atoms with Crippen LogP contribution in [-0.4, -0.2) is 43.1 Å². The number of nitrogens with one attached hydrogen (secondary N) is 1. The molecule has 6 heteroatoms. The van der Waals surface area contributed by atoms with Gasteiger partial charge in [-0.1, -0.05) is 0 Å². The first-order chi connectivity index (χ1) is 9.29. The highest BCUT2D eigenvalue weighted by atomic mass is 32.2. The lowest BCUT2D eigenvalue weighted by molar-refractivity contribution is -0.118. The Kier molecular flexibility index (Phi) is 5.35. The Bertz CT molecular complexity index is 439. The van der Waals surface area contributed by atoms with Crippen molar-refractivity contribution in [2.24, 2.45) is 0 Å². The first-order valence-corrected chi connectivity index (χ1v) is 7.18. The summed E-state index contributed by atoms with van der Waals surface area (Å²) in [4.78, 5) is 12.4. The molecule has 104 valence electrons. The molecule has 0 saturated heterocycles. The molecular formula is C13H17NO4S.